The highest BCUT2D eigenvalue weighted by Gasteiger charge is 1.97. The highest BCUT2D eigenvalue weighted by Crippen LogP contribution is 2.04. The number of methoxy groups -OCH3 is 1. The zero-order valence-electron chi connectivity index (χ0n) is 6.91. The lowest BCUT2D eigenvalue weighted by molar-refractivity contribution is 0.286. The summed E-state index contributed by atoms with van der Waals surface area (Å²) in [5, 5.41) is 0. The fraction of sp³-hybridized carbons (Fsp3) is 0.200. The summed E-state index contributed by atoms with van der Waals surface area (Å²) in [6, 6.07) is 9.66. The molecule has 0 radical (unpaired) electrons. The van der Waals surface area contributed by atoms with Crippen molar-refractivity contribution in [1.82, 2.24) is 0 Å². The van der Waals surface area contributed by atoms with Crippen molar-refractivity contribution >= 4 is 5.94 Å². The van der Waals surface area contributed by atoms with Crippen LogP contribution >= 0.6 is 0 Å². The maximum atomic E-state index is 10.3. The Bertz CT molecular complexity index is 284. The Morgan fingerprint density at radius 2 is 2.08 bits per heavy atom. The molecule has 62 valence electrons. The van der Waals surface area contributed by atoms with Crippen LogP contribution in [0.5, 0.6) is 0 Å². The first-order valence-electron chi connectivity index (χ1n) is 3.68. The van der Waals surface area contributed by atoms with Gasteiger partial charge in [-0.2, -0.15) is 0 Å². The van der Waals surface area contributed by atoms with E-state index in [9.17, 15) is 4.79 Å². The van der Waals surface area contributed by atoms with Crippen LogP contribution in [-0.4, -0.2) is 13.1 Å². The van der Waals surface area contributed by atoms with Gasteiger partial charge in [0.2, 0.25) is 0 Å². The van der Waals surface area contributed by atoms with Gasteiger partial charge in [0.15, 0.2) is 11.7 Å². The third-order valence-corrected chi connectivity index (χ3v) is 1.57. The van der Waals surface area contributed by atoms with Gasteiger partial charge in [0.1, 0.15) is 0 Å². The summed E-state index contributed by atoms with van der Waals surface area (Å²) in [5.41, 5.74) is 1.05. The van der Waals surface area contributed by atoms with Crippen molar-refractivity contribution in [3.8, 4) is 0 Å². The van der Waals surface area contributed by atoms with E-state index in [-0.39, 0.29) is 0 Å². The Morgan fingerprint density at radius 3 is 2.58 bits per heavy atom. The minimum Gasteiger partial charge on any atom is -0.489 e. The first-order chi connectivity index (χ1) is 5.86. The monoisotopic (exact) mass is 162 g/mol. The van der Waals surface area contributed by atoms with Crippen LogP contribution < -0.4 is 0 Å². The van der Waals surface area contributed by atoms with Gasteiger partial charge in [0, 0.05) is 6.42 Å². The quantitative estimate of drug-likeness (QED) is 0.498. The van der Waals surface area contributed by atoms with Crippen LogP contribution in [0.2, 0.25) is 0 Å². The van der Waals surface area contributed by atoms with Crippen molar-refractivity contribution in [1.29, 1.82) is 0 Å². The van der Waals surface area contributed by atoms with Crippen molar-refractivity contribution in [3.63, 3.8) is 0 Å². The Morgan fingerprint density at radius 1 is 1.42 bits per heavy atom. The largest absolute Gasteiger partial charge is 0.489 e. The van der Waals surface area contributed by atoms with Gasteiger partial charge in [0.25, 0.3) is 0 Å². The molecular weight excluding hydrogens is 152 g/mol. The summed E-state index contributed by atoms with van der Waals surface area (Å²) < 4.78 is 4.80. The first-order valence-corrected chi connectivity index (χ1v) is 3.68. The van der Waals surface area contributed by atoms with E-state index >= 15 is 0 Å². The smallest absolute Gasteiger partial charge is 0.183 e. The average Bonchev–Trinajstić information content (AvgIpc) is 2.16. The lowest BCUT2D eigenvalue weighted by Gasteiger charge is -2.00. The highest BCUT2D eigenvalue weighted by molar-refractivity contribution is 5.50. The molecule has 2 nitrogen and oxygen atoms in total. The van der Waals surface area contributed by atoms with Gasteiger partial charge in [-0.05, 0) is 5.56 Å². The molecule has 0 fully saturated rings. The van der Waals surface area contributed by atoms with Gasteiger partial charge in [-0.25, -0.2) is 4.79 Å². The van der Waals surface area contributed by atoms with Crippen molar-refractivity contribution in [2.75, 3.05) is 7.11 Å². The molecule has 0 aliphatic rings. The molecule has 0 aliphatic heterocycles. The lowest BCUT2D eigenvalue weighted by atomic mass is 10.1. The van der Waals surface area contributed by atoms with Gasteiger partial charge in [-0.15, -0.1) is 0 Å². The van der Waals surface area contributed by atoms with Crippen LogP contribution in [0.4, 0.5) is 0 Å². The van der Waals surface area contributed by atoms with Crippen LogP contribution in [0, 0.1) is 0 Å². The second-order valence-corrected chi connectivity index (χ2v) is 2.39. The molecule has 12 heavy (non-hydrogen) atoms. The second kappa shape index (κ2) is 4.37. The first kappa shape index (κ1) is 8.57. The van der Waals surface area contributed by atoms with Crippen molar-refractivity contribution in [3.05, 3.63) is 41.7 Å². The predicted molar refractivity (Wildman–Crippen MR) is 46.4 cm³/mol. The molecule has 0 aromatic heterocycles. The fourth-order valence-corrected chi connectivity index (χ4v) is 0.931. The van der Waals surface area contributed by atoms with E-state index in [1.807, 2.05) is 30.3 Å². The number of hydrogen-bond donors (Lipinski definition) is 0. The van der Waals surface area contributed by atoms with Gasteiger partial charge in [-0.1, -0.05) is 30.3 Å². The number of hydrogen-bond acceptors (Lipinski definition) is 2. The molecule has 0 bridgehead atoms. The SMILES string of the molecule is COC(=C=O)Cc1ccccc1. The summed E-state index contributed by atoms with van der Waals surface area (Å²) in [7, 11) is 1.48. The van der Waals surface area contributed by atoms with Crippen LogP contribution in [0.15, 0.2) is 36.1 Å². The molecule has 0 atom stereocenters. The third kappa shape index (κ3) is 2.26. The van der Waals surface area contributed by atoms with E-state index in [1.165, 1.54) is 7.11 Å². The summed E-state index contributed by atoms with van der Waals surface area (Å²) in [4.78, 5) is 10.3. The molecule has 0 saturated carbocycles. The highest BCUT2D eigenvalue weighted by atomic mass is 16.5. The molecule has 2 heteroatoms. The Hall–Kier alpha value is -1.53. The molecule has 1 rings (SSSR count). The van der Waals surface area contributed by atoms with E-state index in [0.29, 0.717) is 12.2 Å². The van der Waals surface area contributed by atoms with Crippen LogP contribution in [0.25, 0.3) is 0 Å². The number of ether oxygens (including phenoxy) is 1. The number of rotatable bonds is 3. The molecular formula is C10H10O2. The average molecular weight is 162 g/mol. The number of carbonyl (C=O) groups excluding carboxylic acids is 1. The van der Waals surface area contributed by atoms with Gasteiger partial charge < -0.3 is 4.74 Å². The van der Waals surface area contributed by atoms with Crippen molar-refractivity contribution < 1.29 is 9.53 Å². The molecule has 0 heterocycles. The molecule has 1 aromatic rings. The van der Waals surface area contributed by atoms with Crippen LogP contribution in [-0.2, 0) is 16.0 Å². The molecule has 0 aliphatic carbocycles. The van der Waals surface area contributed by atoms with E-state index in [0.717, 1.165) is 5.56 Å². The van der Waals surface area contributed by atoms with Crippen molar-refractivity contribution in [2.45, 2.75) is 6.42 Å². The molecule has 0 amide bonds. The summed E-state index contributed by atoms with van der Waals surface area (Å²) in [5.74, 6) is 2.08. The third-order valence-electron chi connectivity index (χ3n) is 1.57. The maximum absolute atomic E-state index is 10.3. The zero-order valence-corrected chi connectivity index (χ0v) is 6.91. The number of benzene rings is 1. The number of allylic oxidation sites excluding steroid dienone is 1. The molecule has 1 aromatic carbocycles. The zero-order chi connectivity index (χ0) is 8.81. The second-order valence-electron chi connectivity index (χ2n) is 2.39. The van der Waals surface area contributed by atoms with Gasteiger partial charge in [0.05, 0.1) is 7.11 Å². The predicted octanol–water partition coefficient (Wildman–Crippen LogP) is 1.59. The summed E-state index contributed by atoms with van der Waals surface area (Å²) in [6.07, 6.45) is 0.515. The van der Waals surface area contributed by atoms with Gasteiger partial charge >= 0.3 is 0 Å². The molecule has 0 unspecified atom stereocenters. The maximum Gasteiger partial charge on any atom is 0.183 e. The minimum absolute atomic E-state index is 0.334. The van der Waals surface area contributed by atoms with Crippen molar-refractivity contribution in [2.24, 2.45) is 0 Å². The van der Waals surface area contributed by atoms with Crippen LogP contribution in [0.3, 0.4) is 0 Å². The van der Waals surface area contributed by atoms with Crippen LogP contribution in [0.1, 0.15) is 5.56 Å². The molecule has 0 N–H and O–H groups in total. The Balaban J connectivity index is 2.70. The van der Waals surface area contributed by atoms with Gasteiger partial charge in [-0.3, -0.25) is 0 Å². The van der Waals surface area contributed by atoms with E-state index in [4.69, 9.17) is 4.74 Å². The minimum atomic E-state index is 0.334. The Kier molecular flexibility index (Phi) is 3.12. The summed E-state index contributed by atoms with van der Waals surface area (Å²) >= 11 is 0. The molecule has 0 spiro atoms. The molecule has 0 saturated heterocycles. The normalized spacial score (nSPS) is 8.75. The standard InChI is InChI=1S/C10H10O2/c1-12-10(8-11)7-9-5-3-2-4-6-9/h2-6H,7H2,1H3. The van der Waals surface area contributed by atoms with E-state index < -0.39 is 0 Å². The Labute approximate surface area is 71.5 Å². The topological polar surface area (TPSA) is 26.3 Å². The summed E-state index contributed by atoms with van der Waals surface area (Å²) in [6.45, 7) is 0. The van der Waals surface area contributed by atoms with E-state index in [2.05, 4.69) is 0 Å². The fourth-order valence-electron chi connectivity index (χ4n) is 0.931. The van der Waals surface area contributed by atoms with E-state index in [1.54, 1.807) is 5.94 Å². The lowest BCUT2D eigenvalue weighted by Crippen LogP contribution is -1.93.